The first-order valence-corrected chi connectivity index (χ1v) is 17.7. The van der Waals surface area contributed by atoms with Gasteiger partial charge >= 0.3 is 0 Å². The Kier molecular flexibility index (Phi) is 9.38. The van der Waals surface area contributed by atoms with Gasteiger partial charge in [-0.05, 0) is 102 Å². The van der Waals surface area contributed by atoms with Crippen LogP contribution in [-0.2, 0) is 12.8 Å². The molecule has 0 saturated carbocycles. The number of ether oxygens (including phenoxy) is 2. The van der Waals surface area contributed by atoms with Crippen molar-refractivity contribution >= 4 is 33.2 Å². The van der Waals surface area contributed by atoms with Gasteiger partial charge in [0.2, 0.25) is 0 Å². The summed E-state index contributed by atoms with van der Waals surface area (Å²) in [5.41, 5.74) is 5.86. The smallest absolute Gasteiger partial charge is 0.253 e. The van der Waals surface area contributed by atoms with Gasteiger partial charge in [0.25, 0.3) is 11.1 Å². The van der Waals surface area contributed by atoms with Crippen LogP contribution >= 0.6 is 0 Å². The Labute approximate surface area is 282 Å². The highest BCUT2D eigenvalue weighted by Gasteiger charge is 2.24. The number of nitrogens with zero attached hydrogens (tertiary/aromatic N) is 4. The van der Waals surface area contributed by atoms with Crippen LogP contribution in [0.1, 0.15) is 49.7 Å². The van der Waals surface area contributed by atoms with Crippen molar-refractivity contribution in [2.24, 2.45) is 0 Å². The number of rotatable bonds is 4. The second kappa shape index (κ2) is 13.8. The van der Waals surface area contributed by atoms with Gasteiger partial charge < -0.3 is 39.0 Å². The second-order valence-corrected chi connectivity index (χ2v) is 14.3. The second-order valence-electron chi connectivity index (χ2n) is 14.3. The molecule has 8 rings (SSSR count). The van der Waals surface area contributed by atoms with Gasteiger partial charge in [-0.25, -0.2) is 0 Å². The van der Waals surface area contributed by atoms with Gasteiger partial charge in [0, 0.05) is 75.3 Å². The molecule has 4 aliphatic heterocycles. The number of pyridine rings is 2. The summed E-state index contributed by atoms with van der Waals surface area (Å²) in [5, 5.41) is 2.19. The van der Waals surface area contributed by atoms with Gasteiger partial charge in [0.1, 0.15) is 23.7 Å². The zero-order chi connectivity index (χ0) is 33.4. The minimum Gasteiger partial charge on any atom is -0.490 e. The first-order valence-electron chi connectivity index (χ1n) is 17.7. The van der Waals surface area contributed by atoms with E-state index in [1.807, 2.05) is 24.3 Å². The zero-order valence-electron chi connectivity index (χ0n) is 28.9. The summed E-state index contributed by atoms with van der Waals surface area (Å²) in [6, 6.07) is 12.1. The summed E-state index contributed by atoms with van der Waals surface area (Å²) in [6.45, 7) is 6.33. The van der Waals surface area contributed by atoms with Crippen molar-refractivity contribution in [2.75, 3.05) is 77.3 Å². The molecule has 2 fully saturated rings. The first kappa shape index (κ1) is 32.5. The fraction of sp³-hybridized carbons (Fsp3) is 0.526. The molecule has 0 unspecified atom stereocenters. The largest absolute Gasteiger partial charge is 0.490 e. The highest BCUT2D eigenvalue weighted by atomic mass is 16.5. The summed E-state index contributed by atoms with van der Waals surface area (Å²) >= 11 is 0. The van der Waals surface area contributed by atoms with Crippen LogP contribution in [0.15, 0.2) is 46.0 Å². The Morgan fingerprint density at radius 1 is 0.583 bits per heavy atom. The first-order chi connectivity index (χ1) is 23.2. The maximum Gasteiger partial charge on any atom is 0.253 e. The number of nitrogens with one attached hydrogen (secondary N) is 2. The van der Waals surface area contributed by atoms with E-state index in [1.165, 1.54) is 0 Å². The molecule has 4 aliphatic rings. The van der Waals surface area contributed by atoms with Crippen molar-refractivity contribution in [1.29, 1.82) is 0 Å². The van der Waals surface area contributed by atoms with E-state index in [0.717, 1.165) is 146 Å². The van der Waals surface area contributed by atoms with E-state index in [9.17, 15) is 9.59 Å². The highest BCUT2D eigenvalue weighted by Crippen LogP contribution is 2.35. The molecule has 2 saturated heterocycles. The molecule has 10 heteroatoms. The van der Waals surface area contributed by atoms with E-state index in [0.29, 0.717) is 0 Å². The molecule has 6 heterocycles. The molecule has 10 nitrogen and oxygen atoms in total. The fourth-order valence-electron chi connectivity index (χ4n) is 7.87. The molecule has 0 spiro atoms. The van der Waals surface area contributed by atoms with E-state index in [1.54, 1.807) is 0 Å². The summed E-state index contributed by atoms with van der Waals surface area (Å²) in [7, 11) is 8.46. The number of H-pyrrole nitrogens is 2. The van der Waals surface area contributed by atoms with Gasteiger partial charge in [-0.15, -0.1) is 0 Å². The Hall–Kier alpha value is -4.02. The lowest BCUT2D eigenvalue weighted by Crippen LogP contribution is -2.35. The number of benzene rings is 2. The Morgan fingerprint density at radius 3 is 1.38 bits per heavy atom. The van der Waals surface area contributed by atoms with Crippen LogP contribution in [0.25, 0.3) is 21.8 Å². The lowest BCUT2D eigenvalue weighted by Gasteiger charge is -2.30. The van der Waals surface area contributed by atoms with Crippen molar-refractivity contribution in [2.45, 2.75) is 63.6 Å². The number of hydrogen-bond acceptors (Lipinski definition) is 8. The number of piperidine rings is 2. The summed E-state index contributed by atoms with van der Waals surface area (Å²) in [5.74, 6) is 1.82. The van der Waals surface area contributed by atoms with Gasteiger partial charge in [0.15, 0.2) is 0 Å². The van der Waals surface area contributed by atoms with E-state index in [-0.39, 0.29) is 23.3 Å². The Bertz CT molecular complexity index is 1750. The molecule has 0 aliphatic carbocycles. The molecule has 0 radical (unpaired) electrons. The lowest BCUT2D eigenvalue weighted by molar-refractivity contribution is 0.114. The lowest BCUT2D eigenvalue weighted by atomic mass is 10.00. The zero-order valence-corrected chi connectivity index (χ0v) is 28.9. The molecular formula is C38H50N6O4. The van der Waals surface area contributed by atoms with Crippen molar-refractivity contribution in [1.82, 2.24) is 19.8 Å². The van der Waals surface area contributed by atoms with E-state index < -0.39 is 0 Å². The monoisotopic (exact) mass is 654 g/mol. The Balaban J connectivity index is 0.000000152. The van der Waals surface area contributed by atoms with Crippen molar-refractivity contribution in [3.05, 3.63) is 68.2 Å². The molecule has 2 aromatic heterocycles. The molecule has 0 bridgehead atoms. The van der Waals surface area contributed by atoms with Crippen molar-refractivity contribution < 1.29 is 9.47 Å². The predicted octanol–water partition coefficient (Wildman–Crippen LogP) is 4.77. The van der Waals surface area contributed by atoms with Crippen molar-refractivity contribution in [3.63, 3.8) is 0 Å². The molecular weight excluding hydrogens is 604 g/mol. The molecule has 0 amide bonds. The molecule has 4 aromatic rings. The molecule has 48 heavy (non-hydrogen) atoms. The average molecular weight is 655 g/mol. The van der Waals surface area contributed by atoms with E-state index in [2.05, 4.69) is 69.9 Å². The van der Waals surface area contributed by atoms with Crippen LogP contribution in [0.3, 0.4) is 0 Å². The Morgan fingerprint density at radius 2 is 0.979 bits per heavy atom. The average Bonchev–Trinajstić information content (AvgIpc) is 3.08. The minimum atomic E-state index is 0.0491. The SMILES string of the molecule is CN1CCC(Oc2ccc3[nH]c(=O)c4c(c3c2)N(C)CCC4)CC1.CN1CCC(Oc2ccc3[nH]c(=O)c4c(c3c2)N(C)CCC4)CC1. The quantitative estimate of drug-likeness (QED) is 0.325. The maximum absolute atomic E-state index is 12.3. The number of fused-ring (bicyclic) bond motifs is 6. The van der Waals surface area contributed by atoms with E-state index in [4.69, 9.17) is 9.47 Å². The van der Waals surface area contributed by atoms with Gasteiger partial charge in [-0.1, -0.05) is 0 Å². The van der Waals surface area contributed by atoms with Crippen LogP contribution in [0.4, 0.5) is 11.4 Å². The van der Waals surface area contributed by atoms with E-state index >= 15 is 0 Å². The number of aromatic amines is 2. The standard InChI is InChI=1S/2C19H25N3O2/c2*1-21-10-7-13(8-11-21)24-14-5-6-17-16(12-14)18-15(19(23)20-17)4-3-9-22(18)2/h2*5-6,12-13H,3-4,7-11H2,1-2H3,(H,20,23). The van der Waals surface area contributed by atoms with Crippen LogP contribution in [-0.4, -0.2) is 99.4 Å². The van der Waals surface area contributed by atoms with Crippen LogP contribution in [0, 0.1) is 0 Å². The molecule has 256 valence electrons. The van der Waals surface area contributed by atoms with Crippen LogP contribution < -0.4 is 30.4 Å². The topological polar surface area (TPSA) is 97.1 Å². The third-order valence-electron chi connectivity index (χ3n) is 10.6. The summed E-state index contributed by atoms with van der Waals surface area (Å²) in [4.78, 5) is 39.8. The third kappa shape index (κ3) is 6.78. The van der Waals surface area contributed by atoms with Crippen LogP contribution in [0.2, 0.25) is 0 Å². The van der Waals surface area contributed by atoms with Crippen molar-refractivity contribution in [3.8, 4) is 11.5 Å². The van der Waals surface area contributed by atoms with Gasteiger partial charge in [-0.3, -0.25) is 9.59 Å². The highest BCUT2D eigenvalue weighted by molar-refractivity contribution is 5.95. The number of likely N-dealkylation sites (tertiary alicyclic amines) is 2. The number of anilines is 2. The van der Waals surface area contributed by atoms with Gasteiger partial charge in [0.05, 0.1) is 22.4 Å². The minimum absolute atomic E-state index is 0.0491. The summed E-state index contributed by atoms with van der Waals surface area (Å²) in [6.07, 6.45) is 8.61. The summed E-state index contributed by atoms with van der Waals surface area (Å²) < 4.78 is 12.5. The molecule has 2 aromatic carbocycles. The fourth-order valence-corrected chi connectivity index (χ4v) is 7.87. The molecule has 2 N–H and O–H groups in total. The normalized spacial score (nSPS) is 19.5. The maximum atomic E-state index is 12.3. The number of aromatic nitrogens is 2. The number of hydrogen-bond donors (Lipinski definition) is 2. The van der Waals surface area contributed by atoms with Gasteiger partial charge in [-0.2, -0.15) is 0 Å². The third-order valence-corrected chi connectivity index (χ3v) is 10.6. The molecule has 0 atom stereocenters. The predicted molar refractivity (Wildman–Crippen MR) is 195 cm³/mol. The van der Waals surface area contributed by atoms with Crippen LogP contribution in [0.5, 0.6) is 11.5 Å².